The number of aliphatic hydroxyl groups excluding tert-OH is 1. The molecule has 0 saturated heterocycles. The Morgan fingerprint density at radius 2 is 2.18 bits per heavy atom. The zero-order valence-electron chi connectivity index (χ0n) is 11.0. The highest BCUT2D eigenvalue weighted by atomic mass is 31.2. The van der Waals surface area contributed by atoms with Gasteiger partial charge in [0.1, 0.15) is 23.7 Å². The quantitative estimate of drug-likeness (QED) is 0.517. The number of aliphatic hydroxyl groups is 1. The van der Waals surface area contributed by atoms with Crippen molar-refractivity contribution in [1.82, 2.24) is 19.5 Å². The molecule has 0 aromatic carbocycles. The Morgan fingerprint density at radius 3 is 2.91 bits per heavy atom. The van der Waals surface area contributed by atoms with Crippen LogP contribution in [0.4, 0.5) is 5.82 Å². The summed E-state index contributed by atoms with van der Waals surface area (Å²) < 4.78 is 21.9. The molecule has 1 aliphatic heterocycles. The Morgan fingerprint density at radius 1 is 1.41 bits per heavy atom. The molecule has 3 rings (SSSR count). The van der Waals surface area contributed by atoms with Crippen LogP contribution in [-0.4, -0.2) is 46.8 Å². The minimum absolute atomic E-state index is 0.130. The fourth-order valence-corrected chi connectivity index (χ4v) is 2.46. The van der Waals surface area contributed by atoms with Crippen LogP contribution in [0.1, 0.15) is 0 Å². The third kappa shape index (κ3) is 2.93. The van der Waals surface area contributed by atoms with E-state index in [9.17, 15) is 9.67 Å². The number of fused-ring (bicyclic) bond motifs is 1. The molecule has 0 fully saturated rings. The van der Waals surface area contributed by atoms with Gasteiger partial charge in [-0.3, -0.25) is 0 Å². The van der Waals surface area contributed by atoms with Crippen LogP contribution in [0.2, 0.25) is 0 Å². The van der Waals surface area contributed by atoms with E-state index in [1.54, 1.807) is 4.57 Å². The molecule has 118 valence electrons. The lowest BCUT2D eigenvalue weighted by Gasteiger charge is -2.16. The average Bonchev–Trinajstić information content (AvgIpc) is 2.95. The monoisotopic (exact) mass is 329 g/mol. The summed E-state index contributed by atoms with van der Waals surface area (Å²) >= 11 is 0. The van der Waals surface area contributed by atoms with Crippen molar-refractivity contribution in [3.05, 3.63) is 24.5 Å². The summed E-state index contributed by atoms with van der Waals surface area (Å²) in [5.41, 5.74) is 6.56. The van der Waals surface area contributed by atoms with Gasteiger partial charge >= 0.3 is 7.82 Å². The van der Waals surface area contributed by atoms with Crippen LogP contribution in [0.15, 0.2) is 24.5 Å². The molecule has 0 saturated carbocycles. The fraction of sp³-hybridized carbons (Fsp3) is 0.300. The van der Waals surface area contributed by atoms with E-state index >= 15 is 0 Å². The van der Waals surface area contributed by atoms with Crippen molar-refractivity contribution in [2.45, 2.75) is 18.9 Å². The SMILES string of the molecule is Nc1ncnc2c1ncn2CC1=C[C@@H](O)[C@@H](OP(=O)(O)O)O1. The number of anilines is 1. The molecule has 0 amide bonds. The van der Waals surface area contributed by atoms with Crippen molar-refractivity contribution in [3.8, 4) is 0 Å². The number of allylic oxidation sites excluding steroid dienone is 1. The van der Waals surface area contributed by atoms with Crippen LogP contribution in [-0.2, 0) is 20.4 Å². The number of nitrogen functional groups attached to an aromatic ring is 1. The lowest BCUT2D eigenvalue weighted by molar-refractivity contribution is -0.0957. The van der Waals surface area contributed by atoms with E-state index in [0.717, 1.165) is 0 Å². The van der Waals surface area contributed by atoms with Gasteiger partial charge in [-0.2, -0.15) is 0 Å². The van der Waals surface area contributed by atoms with Gasteiger partial charge in [-0.15, -0.1) is 0 Å². The van der Waals surface area contributed by atoms with E-state index in [4.69, 9.17) is 20.3 Å². The number of rotatable bonds is 4. The molecule has 0 bridgehead atoms. The molecule has 0 radical (unpaired) electrons. The third-order valence-corrected chi connectivity index (χ3v) is 3.38. The number of imidazole rings is 1. The lowest BCUT2D eigenvalue weighted by atomic mass is 10.3. The second kappa shape index (κ2) is 5.30. The number of hydrogen-bond donors (Lipinski definition) is 4. The first-order valence-electron chi connectivity index (χ1n) is 6.04. The highest BCUT2D eigenvalue weighted by Crippen LogP contribution is 2.40. The molecule has 1 aliphatic rings. The standard InChI is InChI=1S/C10H12N5O6P/c11-8-7-9(13-3-12-8)15(4-14-7)2-5-1-6(16)10(20-5)21-22(17,18)19/h1,3-4,6,10,16H,2H2,(H2,11,12,13)(H2,17,18,19)/t6-,10-/m1/s1. The van der Waals surface area contributed by atoms with Gasteiger partial charge in [-0.25, -0.2) is 24.0 Å². The van der Waals surface area contributed by atoms with Gasteiger partial charge < -0.3 is 29.9 Å². The number of aromatic nitrogens is 4. The van der Waals surface area contributed by atoms with Crippen molar-refractivity contribution in [2.24, 2.45) is 0 Å². The predicted molar refractivity (Wildman–Crippen MR) is 71.8 cm³/mol. The first kappa shape index (κ1) is 14.9. The Labute approximate surface area is 123 Å². The molecule has 22 heavy (non-hydrogen) atoms. The summed E-state index contributed by atoms with van der Waals surface area (Å²) in [5.74, 6) is 0.482. The molecule has 2 aromatic heterocycles. The first-order chi connectivity index (χ1) is 10.3. The van der Waals surface area contributed by atoms with E-state index < -0.39 is 20.2 Å². The Kier molecular flexibility index (Phi) is 3.59. The van der Waals surface area contributed by atoms with Crippen LogP contribution in [0.3, 0.4) is 0 Å². The van der Waals surface area contributed by atoms with Gasteiger partial charge in [-0.1, -0.05) is 0 Å². The van der Waals surface area contributed by atoms with E-state index in [0.29, 0.717) is 11.2 Å². The number of nitrogens with two attached hydrogens (primary N) is 1. The number of nitrogens with zero attached hydrogens (tertiary/aromatic N) is 4. The second-order valence-corrected chi connectivity index (χ2v) is 5.70. The Bertz CT molecular complexity index is 785. The van der Waals surface area contributed by atoms with Crippen molar-refractivity contribution < 1.29 is 28.7 Å². The van der Waals surface area contributed by atoms with Crippen LogP contribution in [0.25, 0.3) is 11.2 Å². The first-order valence-corrected chi connectivity index (χ1v) is 7.57. The minimum atomic E-state index is -4.77. The predicted octanol–water partition coefficient (Wildman–Crippen LogP) is -0.881. The largest absolute Gasteiger partial charge is 0.472 e. The fourth-order valence-electron chi connectivity index (χ4n) is 2.02. The highest BCUT2D eigenvalue weighted by Gasteiger charge is 2.34. The lowest BCUT2D eigenvalue weighted by Crippen LogP contribution is -2.23. The molecule has 11 nitrogen and oxygen atoms in total. The zero-order chi connectivity index (χ0) is 15.9. The third-order valence-electron chi connectivity index (χ3n) is 2.90. The summed E-state index contributed by atoms with van der Waals surface area (Å²) in [7, 11) is -4.77. The van der Waals surface area contributed by atoms with Crippen LogP contribution in [0.5, 0.6) is 0 Å². The normalized spacial score (nSPS) is 21.9. The minimum Gasteiger partial charge on any atom is -0.464 e. The maximum Gasteiger partial charge on any atom is 0.472 e. The second-order valence-electron chi connectivity index (χ2n) is 4.51. The summed E-state index contributed by atoms with van der Waals surface area (Å²) in [6.45, 7) is 0.130. The molecule has 2 aromatic rings. The smallest absolute Gasteiger partial charge is 0.464 e. The summed E-state index contributed by atoms with van der Waals surface area (Å²) in [6, 6.07) is 0. The van der Waals surface area contributed by atoms with Gasteiger partial charge in [0.2, 0.25) is 6.29 Å². The topological polar surface area (TPSA) is 166 Å². The molecule has 0 unspecified atom stereocenters. The molecule has 5 N–H and O–H groups in total. The number of ether oxygens (including phenoxy) is 1. The molecule has 0 aliphatic carbocycles. The number of hydrogen-bond acceptors (Lipinski definition) is 8. The summed E-state index contributed by atoms with van der Waals surface area (Å²) in [6.07, 6.45) is 1.27. The maximum atomic E-state index is 10.8. The Balaban J connectivity index is 1.78. The van der Waals surface area contributed by atoms with Gasteiger partial charge in [0.15, 0.2) is 11.5 Å². The Hall–Kier alpha value is -2.04. The van der Waals surface area contributed by atoms with Gasteiger partial charge in [0, 0.05) is 0 Å². The zero-order valence-corrected chi connectivity index (χ0v) is 11.9. The van der Waals surface area contributed by atoms with E-state index in [-0.39, 0.29) is 18.1 Å². The van der Waals surface area contributed by atoms with Gasteiger partial charge in [0.05, 0.1) is 12.9 Å². The molecular weight excluding hydrogens is 317 g/mol. The highest BCUT2D eigenvalue weighted by molar-refractivity contribution is 7.46. The van der Waals surface area contributed by atoms with Crippen molar-refractivity contribution in [3.63, 3.8) is 0 Å². The van der Waals surface area contributed by atoms with E-state index in [2.05, 4.69) is 19.5 Å². The molecule has 2 atom stereocenters. The van der Waals surface area contributed by atoms with Crippen LogP contribution >= 0.6 is 7.82 Å². The van der Waals surface area contributed by atoms with E-state index in [1.165, 1.54) is 18.7 Å². The van der Waals surface area contributed by atoms with Crippen LogP contribution in [0, 0.1) is 0 Å². The van der Waals surface area contributed by atoms with Gasteiger partial charge in [0.25, 0.3) is 0 Å². The van der Waals surface area contributed by atoms with Crippen molar-refractivity contribution in [1.29, 1.82) is 0 Å². The molecule has 0 spiro atoms. The summed E-state index contributed by atoms with van der Waals surface area (Å²) in [5, 5.41) is 9.67. The van der Waals surface area contributed by atoms with Crippen molar-refractivity contribution in [2.75, 3.05) is 5.73 Å². The van der Waals surface area contributed by atoms with Crippen molar-refractivity contribution >= 4 is 24.8 Å². The number of phosphoric ester groups is 1. The maximum absolute atomic E-state index is 10.8. The average molecular weight is 329 g/mol. The van der Waals surface area contributed by atoms with E-state index in [1.807, 2.05) is 0 Å². The van der Waals surface area contributed by atoms with Crippen LogP contribution < -0.4 is 5.73 Å². The molecular formula is C10H12N5O6P. The summed E-state index contributed by atoms with van der Waals surface area (Å²) in [4.78, 5) is 29.4. The molecule has 3 heterocycles. The molecule has 12 heteroatoms. The number of phosphoric acid groups is 1. The van der Waals surface area contributed by atoms with Gasteiger partial charge in [-0.05, 0) is 6.08 Å².